The van der Waals surface area contributed by atoms with Crippen molar-refractivity contribution in [2.45, 2.75) is 4.90 Å². The first-order valence-corrected chi connectivity index (χ1v) is 11.4. The molecule has 0 fully saturated rings. The first kappa shape index (κ1) is 21.9. The van der Waals surface area contributed by atoms with Gasteiger partial charge in [-0.3, -0.25) is 9.52 Å². The van der Waals surface area contributed by atoms with Gasteiger partial charge in [-0.15, -0.1) is 10.2 Å². The Balaban J connectivity index is 1.68. The molecule has 0 spiro atoms. The van der Waals surface area contributed by atoms with Crippen molar-refractivity contribution < 1.29 is 18.3 Å². The largest absolute Gasteiger partial charge is 0.505 e. The number of nitrogens with zero attached hydrogens (tertiary/aromatic N) is 2. The van der Waals surface area contributed by atoms with Gasteiger partial charge in [-0.1, -0.05) is 72.8 Å². The van der Waals surface area contributed by atoms with Gasteiger partial charge in [0.1, 0.15) is 5.69 Å². The van der Waals surface area contributed by atoms with E-state index >= 15 is 0 Å². The Morgan fingerprint density at radius 3 is 2.15 bits per heavy atom. The summed E-state index contributed by atoms with van der Waals surface area (Å²) in [5.74, 6) is -0.838. The van der Waals surface area contributed by atoms with E-state index < -0.39 is 15.9 Å². The maximum atomic E-state index is 12.8. The van der Waals surface area contributed by atoms with Crippen LogP contribution in [0.25, 0.3) is 16.8 Å². The Morgan fingerprint density at radius 1 is 0.848 bits per heavy atom. The number of sulfonamides is 1. The SMILES string of the molecule is O=C(C=Cc1ccccc1)N=Nc1cc(NS(=O)(=O)c2ccccc2)c2ccccc2c1O. The summed E-state index contributed by atoms with van der Waals surface area (Å²) in [6.45, 7) is 0. The summed E-state index contributed by atoms with van der Waals surface area (Å²) in [4.78, 5) is 12.2. The summed E-state index contributed by atoms with van der Waals surface area (Å²) >= 11 is 0. The molecule has 2 N–H and O–H groups in total. The van der Waals surface area contributed by atoms with Crippen molar-refractivity contribution in [1.29, 1.82) is 0 Å². The van der Waals surface area contributed by atoms with Gasteiger partial charge in [0.15, 0.2) is 5.75 Å². The minimum Gasteiger partial charge on any atom is -0.505 e. The van der Waals surface area contributed by atoms with Crippen LogP contribution in [0.2, 0.25) is 0 Å². The van der Waals surface area contributed by atoms with Crippen LogP contribution in [0.3, 0.4) is 0 Å². The molecule has 0 heterocycles. The van der Waals surface area contributed by atoms with Crippen molar-refractivity contribution in [3.05, 3.63) is 103 Å². The summed E-state index contributed by atoms with van der Waals surface area (Å²) in [7, 11) is -3.89. The number of carbonyl (C=O) groups excluding carboxylic acids is 1. The highest BCUT2D eigenvalue weighted by molar-refractivity contribution is 7.92. The van der Waals surface area contributed by atoms with E-state index in [1.165, 1.54) is 24.3 Å². The van der Waals surface area contributed by atoms with Crippen LogP contribution in [-0.2, 0) is 14.8 Å². The molecule has 1 amide bonds. The van der Waals surface area contributed by atoms with Crippen molar-refractivity contribution >= 4 is 44.2 Å². The summed E-state index contributed by atoms with van der Waals surface area (Å²) < 4.78 is 28.2. The number of rotatable bonds is 6. The predicted molar refractivity (Wildman–Crippen MR) is 128 cm³/mol. The molecule has 164 valence electrons. The fourth-order valence-electron chi connectivity index (χ4n) is 3.18. The smallest absolute Gasteiger partial charge is 0.288 e. The molecular weight excluding hydrogens is 438 g/mol. The zero-order valence-electron chi connectivity index (χ0n) is 17.3. The van der Waals surface area contributed by atoms with Crippen LogP contribution in [0.15, 0.2) is 112 Å². The third-order valence-corrected chi connectivity index (χ3v) is 6.15. The van der Waals surface area contributed by atoms with Crippen molar-refractivity contribution in [3.8, 4) is 5.75 Å². The Kier molecular flexibility index (Phi) is 6.28. The first-order chi connectivity index (χ1) is 15.9. The van der Waals surface area contributed by atoms with E-state index in [-0.39, 0.29) is 22.0 Å². The number of hydrogen-bond donors (Lipinski definition) is 2. The van der Waals surface area contributed by atoms with Gasteiger partial charge in [0.25, 0.3) is 15.9 Å². The summed E-state index contributed by atoms with van der Waals surface area (Å²) in [5, 5.41) is 19.0. The van der Waals surface area contributed by atoms with Crippen LogP contribution in [0, 0.1) is 0 Å². The van der Waals surface area contributed by atoms with Gasteiger partial charge in [-0.25, -0.2) is 8.42 Å². The normalized spacial score (nSPS) is 11.9. The minimum atomic E-state index is -3.89. The minimum absolute atomic E-state index is 0.0408. The van der Waals surface area contributed by atoms with Gasteiger partial charge < -0.3 is 5.11 Å². The summed E-state index contributed by atoms with van der Waals surface area (Å²) in [6.07, 6.45) is 2.86. The zero-order chi connectivity index (χ0) is 23.3. The fraction of sp³-hybridized carbons (Fsp3) is 0. The highest BCUT2D eigenvalue weighted by Crippen LogP contribution is 2.40. The number of phenols is 1. The van der Waals surface area contributed by atoms with Crippen LogP contribution in [0.1, 0.15) is 5.56 Å². The number of carbonyl (C=O) groups is 1. The lowest BCUT2D eigenvalue weighted by atomic mass is 10.1. The van der Waals surface area contributed by atoms with Crippen LogP contribution in [0.4, 0.5) is 11.4 Å². The molecule has 33 heavy (non-hydrogen) atoms. The summed E-state index contributed by atoms with van der Waals surface area (Å²) in [5.41, 5.74) is 0.988. The molecule has 0 saturated heterocycles. The number of hydrogen-bond acceptors (Lipinski definition) is 5. The second-order valence-corrected chi connectivity index (χ2v) is 8.72. The quantitative estimate of drug-likeness (QED) is 0.221. The molecule has 8 heteroatoms. The zero-order valence-corrected chi connectivity index (χ0v) is 18.1. The molecule has 0 saturated carbocycles. The molecule has 7 nitrogen and oxygen atoms in total. The monoisotopic (exact) mass is 457 g/mol. The van der Waals surface area contributed by atoms with E-state index in [0.717, 1.165) is 5.56 Å². The van der Waals surface area contributed by atoms with E-state index in [0.29, 0.717) is 10.8 Å². The van der Waals surface area contributed by atoms with E-state index in [1.807, 2.05) is 30.3 Å². The standard InChI is InChI=1S/C25H19N3O4S/c29-24(16-15-18-9-3-1-4-10-18)27-26-23-17-22(20-13-7-8-14-21(20)25(23)30)28-33(31,32)19-11-5-2-6-12-19/h1-17,28,30H. The molecule has 0 aliphatic carbocycles. The Bertz CT molecular complexity index is 1470. The van der Waals surface area contributed by atoms with Crippen molar-refractivity contribution in [1.82, 2.24) is 0 Å². The highest BCUT2D eigenvalue weighted by atomic mass is 32.2. The highest BCUT2D eigenvalue weighted by Gasteiger charge is 2.18. The lowest BCUT2D eigenvalue weighted by Crippen LogP contribution is -2.13. The third-order valence-electron chi connectivity index (χ3n) is 4.77. The van der Waals surface area contributed by atoms with E-state index in [4.69, 9.17) is 0 Å². The lowest BCUT2D eigenvalue weighted by molar-refractivity contribution is -0.113. The second-order valence-electron chi connectivity index (χ2n) is 7.04. The van der Waals surface area contributed by atoms with Crippen LogP contribution < -0.4 is 4.72 Å². The van der Waals surface area contributed by atoms with E-state index in [1.54, 1.807) is 48.5 Å². The van der Waals surface area contributed by atoms with Gasteiger partial charge >= 0.3 is 0 Å². The van der Waals surface area contributed by atoms with Gasteiger partial charge in [-0.2, -0.15) is 0 Å². The van der Waals surface area contributed by atoms with E-state index in [9.17, 15) is 18.3 Å². The molecule has 0 radical (unpaired) electrons. The number of anilines is 1. The number of aromatic hydroxyl groups is 1. The molecule has 0 aromatic heterocycles. The Morgan fingerprint density at radius 2 is 1.45 bits per heavy atom. The number of phenolic OH excluding ortho intramolecular Hbond substituents is 1. The maximum absolute atomic E-state index is 12.8. The summed E-state index contributed by atoms with van der Waals surface area (Å²) in [6, 6.07) is 25.2. The molecule has 0 bridgehead atoms. The third kappa shape index (κ3) is 5.13. The van der Waals surface area contributed by atoms with Crippen LogP contribution in [-0.4, -0.2) is 19.4 Å². The molecule has 0 unspecified atom stereocenters. The van der Waals surface area contributed by atoms with Crippen molar-refractivity contribution in [3.63, 3.8) is 0 Å². The second kappa shape index (κ2) is 9.46. The molecular formula is C25H19N3O4S. The van der Waals surface area contributed by atoms with Gasteiger partial charge in [0.05, 0.1) is 10.6 Å². The Hall–Kier alpha value is -4.30. The number of amides is 1. The average Bonchev–Trinajstić information content (AvgIpc) is 2.85. The van der Waals surface area contributed by atoms with E-state index in [2.05, 4.69) is 15.0 Å². The first-order valence-electron chi connectivity index (χ1n) is 9.95. The number of fused-ring (bicyclic) bond motifs is 1. The van der Waals surface area contributed by atoms with Crippen LogP contribution in [0.5, 0.6) is 5.75 Å². The molecule has 4 rings (SSSR count). The predicted octanol–water partition coefficient (Wildman–Crippen LogP) is 5.67. The van der Waals surface area contributed by atoms with Gasteiger partial charge in [0, 0.05) is 16.8 Å². The average molecular weight is 458 g/mol. The molecule has 0 aliphatic heterocycles. The molecule has 0 aliphatic rings. The van der Waals surface area contributed by atoms with Crippen molar-refractivity contribution in [2.75, 3.05) is 4.72 Å². The number of benzene rings is 4. The molecule has 4 aromatic carbocycles. The Labute approximate surface area is 190 Å². The maximum Gasteiger partial charge on any atom is 0.288 e. The van der Waals surface area contributed by atoms with Crippen molar-refractivity contribution in [2.24, 2.45) is 10.2 Å². The topological polar surface area (TPSA) is 108 Å². The molecule has 0 atom stereocenters. The van der Waals surface area contributed by atoms with Gasteiger partial charge in [0.2, 0.25) is 0 Å². The van der Waals surface area contributed by atoms with Crippen LogP contribution >= 0.6 is 0 Å². The molecule has 4 aromatic rings. The number of azo groups is 1. The fourth-order valence-corrected chi connectivity index (χ4v) is 4.27. The van der Waals surface area contributed by atoms with Gasteiger partial charge in [-0.05, 0) is 29.8 Å². The number of nitrogens with one attached hydrogen (secondary N) is 1. The lowest BCUT2D eigenvalue weighted by Gasteiger charge is -2.13.